The number of primary amides is 1. The predicted molar refractivity (Wildman–Crippen MR) is 94.6 cm³/mol. The van der Waals surface area contributed by atoms with Crippen molar-refractivity contribution in [1.82, 2.24) is 0 Å². The third kappa shape index (κ3) is 3.93. The lowest BCUT2D eigenvalue weighted by Gasteiger charge is -2.22. The molecule has 3 N–H and O–H groups in total. The molecular formula is C19H22N2O3. The Balaban J connectivity index is 2.25. The summed E-state index contributed by atoms with van der Waals surface area (Å²) in [5.74, 6) is 0.0256. The van der Waals surface area contributed by atoms with E-state index in [1.165, 1.54) is 0 Å². The summed E-state index contributed by atoms with van der Waals surface area (Å²) in [5, 5.41) is 2.81. The summed E-state index contributed by atoms with van der Waals surface area (Å²) in [6.07, 6.45) is 0. The van der Waals surface area contributed by atoms with E-state index in [-0.39, 0.29) is 11.3 Å². The molecule has 0 saturated carbocycles. The molecule has 0 aliphatic rings. The van der Waals surface area contributed by atoms with E-state index in [0.717, 1.165) is 11.3 Å². The highest BCUT2D eigenvalue weighted by Gasteiger charge is 2.20. The van der Waals surface area contributed by atoms with Gasteiger partial charge in [-0.25, -0.2) is 0 Å². The zero-order valence-electron chi connectivity index (χ0n) is 14.3. The lowest BCUT2D eigenvalue weighted by molar-refractivity contribution is 0.0998. The molecule has 0 heterocycles. The first-order chi connectivity index (χ1) is 11.2. The number of benzene rings is 2. The normalized spacial score (nSPS) is 11.0. The predicted octanol–water partition coefficient (Wildman–Crippen LogP) is 3.34. The first kappa shape index (κ1) is 17.5. The fraction of sp³-hybridized carbons (Fsp3) is 0.263. The molecule has 2 amide bonds. The van der Waals surface area contributed by atoms with Crippen molar-refractivity contribution in [3.05, 3.63) is 59.2 Å². The highest BCUT2D eigenvalue weighted by Crippen LogP contribution is 2.32. The average Bonchev–Trinajstić information content (AvgIpc) is 2.53. The van der Waals surface area contributed by atoms with E-state index in [1.807, 2.05) is 6.07 Å². The van der Waals surface area contributed by atoms with Crippen LogP contribution in [0.2, 0.25) is 0 Å². The zero-order valence-corrected chi connectivity index (χ0v) is 14.3. The van der Waals surface area contributed by atoms with Crippen molar-refractivity contribution < 1.29 is 14.3 Å². The van der Waals surface area contributed by atoms with E-state index in [9.17, 15) is 9.59 Å². The molecule has 0 saturated heterocycles. The van der Waals surface area contributed by atoms with Crippen molar-refractivity contribution in [2.45, 2.75) is 26.2 Å². The molecule has 24 heavy (non-hydrogen) atoms. The summed E-state index contributed by atoms with van der Waals surface area (Å²) in [6, 6.07) is 11.8. The molecule has 2 aromatic rings. The van der Waals surface area contributed by atoms with Crippen LogP contribution in [0.1, 0.15) is 47.1 Å². The second-order valence-electron chi connectivity index (χ2n) is 6.56. The van der Waals surface area contributed by atoms with Gasteiger partial charge in [-0.2, -0.15) is 0 Å². The van der Waals surface area contributed by atoms with Crippen molar-refractivity contribution in [2.24, 2.45) is 5.73 Å². The number of anilines is 1. The Bertz CT molecular complexity index is 759. The molecule has 2 aromatic carbocycles. The Kier molecular flexibility index (Phi) is 4.93. The first-order valence-corrected chi connectivity index (χ1v) is 7.62. The van der Waals surface area contributed by atoms with Crippen molar-refractivity contribution in [1.29, 1.82) is 0 Å². The van der Waals surface area contributed by atoms with Crippen molar-refractivity contribution in [3.8, 4) is 5.75 Å². The summed E-state index contributed by atoms with van der Waals surface area (Å²) < 4.78 is 5.38. The molecule has 0 bridgehead atoms. The van der Waals surface area contributed by atoms with E-state index in [4.69, 9.17) is 10.5 Å². The summed E-state index contributed by atoms with van der Waals surface area (Å²) in [5.41, 5.74) is 7.55. The molecular weight excluding hydrogens is 304 g/mol. The average molecular weight is 326 g/mol. The minimum Gasteiger partial charge on any atom is -0.496 e. The fourth-order valence-electron chi connectivity index (χ4n) is 2.36. The molecule has 0 aliphatic heterocycles. The number of ether oxygens (including phenoxy) is 1. The van der Waals surface area contributed by atoms with Crippen LogP contribution in [0.25, 0.3) is 0 Å². The van der Waals surface area contributed by atoms with Crippen LogP contribution in [-0.4, -0.2) is 18.9 Å². The Labute approximate surface area is 141 Å². The molecule has 0 radical (unpaired) electrons. The number of amides is 2. The molecule has 5 nitrogen and oxygen atoms in total. The number of rotatable bonds is 4. The van der Waals surface area contributed by atoms with E-state index in [0.29, 0.717) is 16.8 Å². The highest BCUT2D eigenvalue weighted by atomic mass is 16.5. The third-order valence-electron chi connectivity index (χ3n) is 3.70. The molecule has 0 aromatic heterocycles. The SMILES string of the molecule is COc1ccc(C(=O)Nc2ccc(C(N)=O)cc2)cc1C(C)(C)C. The van der Waals surface area contributed by atoms with Crippen LogP contribution in [-0.2, 0) is 5.41 Å². The largest absolute Gasteiger partial charge is 0.496 e. The van der Waals surface area contributed by atoms with Gasteiger partial charge in [-0.05, 0) is 47.9 Å². The Morgan fingerprint density at radius 1 is 1.00 bits per heavy atom. The van der Waals surface area contributed by atoms with Crippen molar-refractivity contribution in [2.75, 3.05) is 12.4 Å². The zero-order chi connectivity index (χ0) is 17.9. The van der Waals surface area contributed by atoms with Gasteiger partial charge in [-0.15, -0.1) is 0 Å². The summed E-state index contributed by atoms with van der Waals surface area (Å²) in [7, 11) is 1.62. The first-order valence-electron chi connectivity index (χ1n) is 7.62. The van der Waals surface area contributed by atoms with Gasteiger partial charge in [0.15, 0.2) is 0 Å². The molecule has 126 valence electrons. The summed E-state index contributed by atoms with van der Waals surface area (Å²) >= 11 is 0. The lowest BCUT2D eigenvalue weighted by atomic mass is 9.85. The number of nitrogens with two attached hydrogens (primary N) is 1. The number of carbonyl (C=O) groups excluding carboxylic acids is 2. The van der Waals surface area contributed by atoms with Gasteiger partial charge >= 0.3 is 0 Å². The van der Waals surface area contributed by atoms with Crippen molar-refractivity contribution >= 4 is 17.5 Å². The van der Waals surface area contributed by atoms with Crippen LogP contribution in [0.5, 0.6) is 5.75 Å². The Hall–Kier alpha value is -2.82. The second-order valence-corrected chi connectivity index (χ2v) is 6.56. The standard InChI is InChI=1S/C19H22N2O3/c1-19(2,3)15-11-13(7-10-16(15)24-4)18(23)21-14-8-5-12(6-9-14)17(20)22/h5-11H,1-4H3,(H2,20,22)(H,21,23). The summed E-state index contributed by atoms with van der Waals surface area (Å²) in [6.45, 7) is 6.19. The van der Waals surface area contributed by atoms with Crippen LogP contribution in [0.15, 0.2) is 42.5 Å². The van der Waals surface area contributed by atoms with E-state index < -0.39 is 5.91 Å². The van der Waals surface area contributed by atoms with Gasteiger partial charge in [-0.1, -0.05) is 20.8 Å². The maximum Gasteiger partial charge on any atom is 0.255 e. The second kappa shape index (κ2) is 6.74. The lowest BCUT2D eigenvalue weighted by Crippen LogP contribution is -2.17. The highest BCUT2D eigenvalue weighted by molar-refractivity contribution is 6.04. The Morgan fingerprint density at radius 3 is 2.08 bits per heavy atom. The van der Waals surface area contributed by atoms with Gasteiger partial charge < -0.3 is 15.8 Å². The molecule has 0 spiro atoms. The van der Waals surface area contributed by atoms with Gasteiger partial charge in [0.05, 0.1) is 7.11 Å². The number of nitrogens with one attached hydrogen (secondary N) is 1. The molecule has 2 rings (SSSR count). The van der Waals surface area contributed by atoms with E-state index in [2.05, 4.69) is 26.1 Å². The van der Waals surface area contributed by atoms with E-state index >= 15 is 0 Å². The fourth-order valence-corrected chi connectivity index (χ4v) is 2.36. The quantitative estimate of drug-likeness (QED) is 0.904. The monoisotopic (exact) mass is 326 g/mol. The van der Waals surface area contributed by atoms with Gasteiger partial charge in [0.25, 0.3) is 5.91 Å². The molecule has 5 heteroatoms. The minimum atomic E-state index is -0.502. The molecule has 0 fully saturated rings. The van der Waals surface area contributed by atoms with Gasteiger partial charge in [0.2, 0.25) is 5.91 Å². The molecule has 0 atom stereocenters. The molecule has 0 aliphatic carbocycles. The number of hydrogen-bond donors (Lipinski definition) is 2. The topological polar surface area (TPSA) is 81.4 Å². The number of methoxy groups -OCH3 is 1. The maximum atomic E-state index is 12.5. The maximum absolute atomic E-state index is 12.5. The van der Waals surface area contributed by atoms with Crippen LogP contribution < -0.4 is 15.8 Å². The summed E-state index contributed by atoms with van der Waals surface area (Å²) in [4.78, 5) is 23.5. The van der Waals surface area contributed by atoms with Gasteiger partial charge in [-0.3, -0.25) is 9.59 Å². The third-order valence-corrected chi connectivity index (χ3v) is 3.70. The van der Waals surface area contributed by atoms with Gasteiger partial charge in [0.1, 0.15) is 5.75 Å². The van der Waals surface area contributed by atoms with Crippen LogP contribution >= 0.6 is 0 Å². The molecule has 0 unspecified atom stereocenters. The van der Waals surface area contributed by atoms with Crippen molar-refractivity contribution in [3.63, 3.8) is 0 Å². The van der Waals surface area contributed by atoms with Crippen LogP contribution in [0, 0.1) is 0 Å². The minimum absolute atomic E-state index is 0.148. The van der Waals surface area contributed by atoms with Gasteiger partial charge in [0, 0.05) is 22.4 Å². The van der Waals surface area contributed by atoms with Crippen LogP contribution in [0.4, 0.5) is 5.69 Å². The number of carbonyl (C=O) groups is 2. The van der Waals surface area contributed by atoms with E-state index in [1.54, 1.807) is 43.5 Å². The smallest absolute Gasteiger partial charge is 0.255 e. The Morgan fingerprint density at radius 2 is 1.58 bits per heavy atom. The van der Waals surface area contributed by atoms with Crippen LogP contribution in [0.3, 0.4) is 0 Å². The number of hydrogen-bond acceptors (Lipinski definition) is 3.